The van der Waals surface area contributed by atoms with Crippen LogP contribution in [0, 0.1) is 0 Å². The van der Waals surface area contributed by atoms with Crippen molar-refractivity contribution in [2.75, 3.05) is 0 Å². The monoisotopic (exact) mass is 389 g/mol. The van der Waals surface area contributed by atoms with Crippen LogP contribution in [0.5, 0.6) is 0 Å². The Balaban J connectivity index is 0.00000210. The second-order valence-electron chi connectivity index (χ2n) is 7.31. The van der Waals surface area contributed by atoms with E-state index in [2.05, 4.69) is 46.3 Å². The van der Waals surface area contributed by atoms with E-state index < -0.39 is 5.54 Å². The third kappa shape index (κ3) is 4.04. The highest BCUT2D eigenvalue weighted by molar-refractivity contribution is 5.85. The van der Waals surface area contributed by atoms with Gasteiger partial charge in [-0.05, 0) is 30.7 Å². The summed E-state index contributed by atoms with van der Waals surface area (Å²) >= 11 is 0. The van der Waals surface area contributed by atoms with E-state index in [1.54, 1.807) is 0 Å². The van der Waals surface area contributed by atoms with E-state index in [0.29, 0.717) is 42.2 Å². The van der Waals surface area contributed by atoms with E-state index in [-0.39, 0.29) is 12.4 Å². The summed E-state index contributed by atoms with van der Waals surface area (Å²) in [6.45, 7) is 4.34. The van der Waals surface area contributed by atoms with Gasteiger partial charge >= 0.3 is 0 Å². The molecule has 0 bridgehead atoms. The quantitative estimate of drug-likeness (QED) is 0.683. The molecule has 1 aliphatic rings. The Hall–Kier alpha value is -2.25. The van der Waals surface area contributed by atoms with Crippen LogP contribution in [-0.4, -0.2) is 20.3 Å². The number of nitrogens with two attached hydrogens (primary N) is 1. The van der Waals surface area contributed by atoms with Gasteiger partial charge in [0.15, 0.2) is 5.82 Å². The molecule has 3 aromatic rings. The van der Waals surface area contributed by atoms with Gasteiger partial charge < -0.3 is 14.8 Å². The van der Waals surface area contributed by atoms with E-state index in [4.69, 9.17) is 14.8 Å². The molecule has 0 radical (unpaired) electrons. The van der Waals surface area contributed by atoms with Crippen LogP contribution >= 0.6 is 12.4 Å². The first kappa shape index (κ1) is 19.5. The Morgan fingerprint density at radius 1 is 1.00 bits per heavy atom. The van der Waals surface area contributed by atoms with E-state index in [0.717, 1.165) is 24.8 Å². The third-order valence-corrected chi connectivity index (χ3v) is 5.02. The maximum atomic E-state index is 6.22. The van der Waals surface area contributed by atoms with E-state index >= 15 is 0 Å². The van der Waals surface area contributed by atoms with Crippen molar-refractivity contribution >= 4 is 12.4 Å². The van der Waals surface area contributed by atoms with Crippen LogP contribution in [0.3, 0.4) is 0 Å². The summed E-state index contributed by atoms with van der Waals surface area (Å²) in [6.07, 6.45) is 4.04. The molecular formula is C19H24ClN5O2. The van der Waals surface area contributed by atoms with Crippen molar-refractivity contribution < 1.29 is 9.05 Å². The van der Waals surface area contributed by atoms with Gasteiger partial charge in [0, 0.05) is 18.4 Å². The lowest BCUT2D eigenvalue weighted by Gasteiger charge is -2.34. The second kappa shape index (κ2) is 7.78. The highest BCUT2D eigenvalue weighted by Gasteiger charge is 2.38. The lowest BCUT2D eigenvalue weighted by atomic mass is 9.77. The number of hydrogen-bond donors (Lipinski definition) is 1. The minimum Gasteiger partial charge on any atom is -0.339 e. The van der Waals surface area contributed by atoms with Gasteiger partial charge in [-0.3, -0.25) is 0 Å². The Morgan fingerprint density at radius 2 is 1.63 bits per heavy atom. The zero-order chi connectivity index (χ0) is 18.1. The van der Waals surface area contributed by atoms with Gasteiger partial charge in [-0.15, -0.1) is 12.4 Å². The predicted molar refractivity (Wildman–Crippen MR) is 102 cm³/mol. The van der Waals surface area contributed by atoms with Crippen LogP contribution < -0.4 is 5.73 Å². The van der Waals surface area contributed by atoms with Crippen LogP contribution in [0.2, 0.25) is 0 Å². The summed E-state index contributed by atoms with van der Waals surface area (Å²) in [4.78, 5) is 8.88. The van der Waals surface area contributed by atoms with Crippen molar-refractivity contribution in [1.82, 2.24) is 20.3 Å². The number of aryl methyl sites for hydroxylation is 2. The first-order valence-electron chi connectivity index (χ1n) is 9.08. The second-order valence-corrected chi connectivity index (χ2v) is 7.31. The lowest BCUT2D eigenvalue weighted by molar-refractivity contribution is 0.229. The molecule has 0 saturated heterocycles. The zero-order valence-corrected chi connectivity index (χ0v) is 16.3. The molecule has 0 unspecified atom stereocenters. The van der Waals surface area contributed by atoms with E-state index in [9.17, 15) is 0 Å². The lowest BCUT2D eigenvalue weighted by Crippen LogP contribution is -2.44. The van der Waals surface area contributed by atoms with Gasteiger partial charge in [-0.25, -0.2) is 0 Å². The molecule has 0 aliphatic heterocycles. The molecule has 2 aromatic heterocycles. The summed E-state index contributed by atoms with van der Waals surface area (Å²) in [5.74, 6) is 2.81. The fraction of sp³-hybridized carbons (Fsp3) is 0.474. The minimum atomic E-state index is -0.401. The van der Waals surface area contributed by atoms with Crippen LogP contribution in [-0.2, 0) is 18.4 Å². The molecule has 1 aliphatic carbocycles. The number of rotatable bonds is 6. The van der Waals surface area contributed by atoms with Crippen molar-refractivity contribution in [2.24, 2.45) is 5.73 Å². The summed E-state index contributed by atoms with van der Waals surface area (Å²) < 4.78 is 10.7. The molecule has 0 spiro atoms. The van der Waals surface area contributed by atoms with Crippen LogP contribution in [0.1, 0.15) is 62.2 Å². The van der Waals surface area contributed by atoms with Crippen molar-refractivity contribution in [3.05, 3.63) is 47.4 Å². The molecule has 1 fully saturated rings. The highest BCUT2D eigenvalue weighted by atomic mass is 35.5. The van der Waals surface area contributed by atoms with Gasteiger partial charge in [-0.2, -0.15) is 9.97 Å². The molecule has 1 aromatic carbocycles. The molecule has 7 nitrogen and oxygen atoms in total. The van der Waals surface area contributed by atoms with Crippen molar-refractivity contribution in [1.29, 1.82) is 0 Å². The van der Waals surface area contributed by atoms with Gasteiger partial charge in [0.05, 0.1) is 5.54 Å². The molecule has 144 valence electrons. The fourth-order valence-electron chi connectivity index (χ4n) is 3.04. The summed E-state index contributed by atoms with van der Waals surface area (Å²) in [7, 11) is 0. The molecular weight excluding hydrogens is 366 g/mol. The van der Waals surface area contributed by atoms with Crippen molar-refractivity contribution in [3.63, 3.8) is 0 Å². The van der Waals surface area contributed by atoms with Gasteiger partial charge in [0.25, 0.3) is 0 Å². The minimum absolute atomic E-state index is 0. The van der Waals surface area contributed by atoms with Crippen molar-refractivity contribution in [3.8, 4) is 11.4 Å². The van der Waals surface area contributed by atoms with Crippen LogP contribution in [0.25, 0.3) is 11.4 Å². The Bertz CT molecular complexity index is 884. The third-order valence-electron chi connectivity index (χ3n) is 5.02. The summed E-state index contributed by atoms with van der Waals surface area (Å²) in [5, 5.41) is 8.09. The number of nitrogens with zero attached hydrogens (tertiary/aromatic N) is 4. The first-order chi connectivity index (χ1) is 12.5. The van der Waals surface area contributed by atoms with Crippen molar-refractivity contribution in [2.45, 2.75) is 57.4 Å². The van der Waals surface area contributed by atoms with E-state index in [1.807, 2.05) is 12.1 Å². The molecule has 0 atom stereocenters. The molecule has 4 rings (SSSR count). The Labute approximate surface area is 164 Å². The van der Waals surface area contributed by atoms with Gasteiger partial charge in [0.1, 0.15) is 0 Å². The van der Waals surface area contributed by atoms with Gasteiger partial charge in [0.2, 0.25) is 17.6 Å². The molecule has 27 heavy (non-hydrogen) atoms. The molecule has 0 amide bonds. The molecule has 1 saturated carbocycles. The molecule has 2 N–H and O–H groups in total. The van der Waals surface area contributed by atoms with Crippen LogP contribution in [0.15, 0.2) is 33.3 Å². The number of halogens is 1. The van der Waals surface area contributed by atoms with Crippen LogP contribution in [0.4, 0.5) is 0 Å². The zero-order valence-electron chi connectivity index (χ0n) is 15.5. The Morgan fingerprint density at radius 3 is 2.22 bits per heavy atom. The number of aromatic nitrogens is 4. The normalized spacial score (nSPS) is 15.4. The van der Waals surface area contributed by atoms with Gasteiger partial charge in [-0.1, -0.05) is 48.4 Å². The Kier molecular flexibility index (Phi) is 5.62. The number of hydrogen-bond acceptors (Lipinski definition) is 7. The summed E-state index contributed by atoms with van der Waals surface area (Å²) in [6, 6.07) is 8.24. The standard InChI is InChI=1S/C19H23N5O2.ClH/c1-12(2)13-4-6-14(7-5-13)17-21-15(25-23-17)8-9-16-22-18(24-26-16)19(20)10-3-11-19;/h4-7,12H,3,8-11,20H2,1-2H3;1H. The molecule has 2 heterocycles. The average molecular weight is 390 g/mol. The molecule has 8 heteroatoms. The SMILES string of the molecule is CC(C)c1ccc(-c2noc(CCc3nc(C4(N)CCC4)no3)n2)cc1.Cl. The smallest absolute Gasteiger partial charge is 0.227 e. The fourth-order valence-corrected chi connectivity index (χ4v) is 3.04. The maximum Gasteiger partial charge on any atom is 0.227 e. The predicted octanol–water partition coefficient (Wildman–Crippen LogP) is 3.79. The average Bonchev–Trinajstić information content (AvgIpc) is 3.27. The topological polar surface area (TPSA) is 104 Å². The summed E-state index contributed by atoms with van der Waals surface area (Å²) in [5.41, 5.74) is 8.04. The maximum absolute atomic E-state index is 6.22. The van der Waals surface area contributed by atoms with E-state index in [1.165, 1.54) is 5.56 Å². The first-order valence-corrected chi connectivity index (χ1v) is 9.08. The largest absolute Gasteiger partial charge is 0.339 e. The number of benzene rings is 1. The highest BCUT2D eigenvalue weighted by Crippen LogP contribution is 2.36.